The van der Waals surface area contributed by atoms with E-state index in [-0.39, 0.29) is 11.6 Å². The SMILES string of the molecule is Cc1c(CNS(=O)(=O)c2ccn[nH]2)cnn1C. The Kier molecular flexibility index (Phi) is 2.99. The van der Waals surface area contributed by atoms with Gasteiger partial charge in [0.1, 0.15) is 0 Å². The fourth-order valence-corrected chi connectivity index (χ4v) is 2.27. The van der Waals surface area contributed by atoms with E-state index < -0.39 is 10.0 Å². The largest absolute Gasteiger partial charge is 0.273 e. The summed E-state index contributed by atoms with van der Waals surface area (Å²) in [5.74, 6) is 0. The molecule has 2 aromatic rings. The Bertz CT molecular complexity index is 599. The van der Waals surface area contributed by atoms with Gasteiger partial charge in [-0.25, -0.2) is 13.1 Å². The van der Waals surface area contributed by atoms with E-state index in [2.05, 4.69) is 20.0 Å². The minimum Gasteiger partial charge on any atom is -0.273 e. The molecule has 0 fully saturated rings. The van der Waals surface area contributed by atoms with Crippen molar-refractivity contribution in [3.05, 3.63) is 29.7 Å². The summed E-state index contributed by atoms with van der Waals surface area (Å²) in [6, 6.07) is 1.40. The van der Waals surface area contributed by atoms with Gasteiger partial charge >= 0.3 is 0 Å². The second-order valence-corrected chi connectivity index (χ2v) is 5.36. The Morgan fingerprint density at radius 3 is 2.82 bits per heavy atom. The summed E-state index contributed by atoms with van der Waals surface area (Å²) in [5, 5.41) is 10.1. The normalized spacial score (nSPS) is 11.9. The number of H-pyrrole nitrogens is 1. The number of aromatic amines is 1. The van der Waals surface area contributed by atoms with Crippen LogP contribution in [0.25, 0.3) is 0 Å². The van der Waals surface area contributed by atoms with Crippen molar-refractivity contribution in [2.75, 3.05) is 0 Å². The van der Waals surface area contributed by atoms with Gasteiger partial charge in [-0.3, -0.25) is 9.78 Å². The molecule has 92 valence electrons. The molecule has 2 rings (SSSR count). The Labute approximate surface area is 98.9 Å². The summed E-state index contributed by atoms with van der Waals surface area (Å²) in [5.41, 5.74) is 1.77. The second kappa shape index (κ2) is 4.30. The van der Waals surface area contributed by atoms with Crippen LogP contribution in [0.15, 0.2) is 23.5 Å². The number of nitrogens with one attached hydrogen (secondary N) is 2. The summed E-state index contributed by atoms with van der Waals surface area (Å²) < 4.78 is 27.7. The molecule has 0 amide bonds. The first-order valence-corrected chi connectivity index (χ1v) is 6.45. The molecule has 0 radical (unpaired) electrons. The average Bonchev–Trinajstić information content (AvgIpc) is 2.90. The van der Waals surface area contributed by atoms with Crippen LogP contribution in [0.1, 0.15) is 11.3 Å². The van der Waals surface area contributed by atoms with E-state index in [9.17, 15) is 8.42 Å². The molecule has 0 spiro atoms. The Hall–Kier alpha value is -1.67. The van der Waals surface area contributed by atoms with Gasteiger partial charge in [0.15, 0.2) is 5.03 Å². The fraction of sp³-hybridized carbons (Fsp3) is 0.333. The predicted octanol–water partition coefficient (Wildman–Crippen LogP) is -0.0699. The monoisotopic (exact) mass is 255 g/mol. The van der Waals surface area contributed by atoms with Crippen molar-refractivity contribution >= 4 is 10.0 Å². The van der Waals surface area contributed by atoms with E-state index >= 15 is 0 Å². The molecule has 0 aromatic carbocycles. The molecular formula is C9H13N5O2S. The van der Waals surface area contributed by atoms with Crippen LogP contribution >= 0.6 is 0 Å². The fourth-order valence-electron chi connectivity index (χ4n) is 1.36. The van der Waals surface area contributed by atoms with Crippen LogP contribution in [0.4, 0.5) is 0 Å². The van der Waals surface area contributed by atoms with Gasteiger partial charge in [-0.15, -0.1) is 0 Å². The molecule has 0 bridgehead atoms. The van der Waals surface area contributed by atoms with Crippen molar-refractivity contribution in [1.29, 1.82) is 0 Å². The third kappa shape index (κ3) is 2.37. The minimum absolute atomic E-state index is 0.0547. The van der Waals surface area contributed by atoms with Crippen LogP contribution in [0.5, 0.6) is 0 Å². The second-order valence-electron chi connectivity index (χ2n) is 3.62. The van der Waals surface area contributed by atoms with Gasteiger partial charge in [0.2, 0.25) is 0 Å². The van der Waals surface area contributed by atoms with Crippen LogP contribution in [-0.2, 0) is 23.6 Å². The molecule has 0 aliphatic heterocycles. The van der Waals surface area contributed by atoms with Gasteiger partial charge in [0.05, 0.1) is 12.4 Å². The van der Waals surface area contributed by atoms with Gasteiger partial charge in [-0.05, 0) is 13.0 Å². The quantitative estimate of drug-likeness (QED) is 0.799. The lowest BCUT2D eigenvalue weighted by atomic mass is 10.3. The molecule has 0 atom stereocenters. The summed E-state index contributed by atoms with van der Waals surface area (Å²) in [6.07, 6.45) is 3.04. The molecule has 17 heavy (non-hydrogen) atoms. The van der Waals surface area contributed by atoms with Crippen molar-refractivity contribution in [2.24, 2.45) is 7.05 Å². The van der Waals surface area contributed by atoms with Crippen LogP contribution in [0, 0.1) is 6.92 Å². The van der Waals surface area contributed by atoms with Crippen molar-refractivity contribution in [3.8, 4) is 0 Å². The van der Waals surface area contributed by atoms with Crippen molar-refractivity contribution in [2.45, 2.75) is 18.5 Å². The lowest BCUT2D eigenvalue weighted by Crippen LogP contribution is -2.23. The number of hydrogen-bond acceptors (Lipinski definition) is 4. The van der Waals surface area contributed by atoms with Crippen molar-refractivity contribution in [3.63, 3.8) is 0 Å². The number of aromatic nitrogens is 4. The van der Waals surface area contributed by atoms with Crippen LogP contribution in [0.2, 0.25) is 0 Å². The molecule has 0 aliphatic carbocycles. The molecule has 0 saturated heterocycles. The minimum atomic E-state index is -3.53. The van der Waals surface area contributed by atoms with Crippen molar-refractivity contribution in [1.82, 2.24) is 24.7 Å². The summed E-state index contributed by atoms with van der Waals surface area (Å²) in [6.45, 7) is 2.09. The third-order valence-electron chi connectivity index (χ3n) is 2.55. The highest BCUT2D eigenvalue weighted by molar-refractivity contribution is 7.89. The molecule has 0 saturated carbocycles. The first-order valence-electron chi connectivity index (χ1n) is 4.97. The summed E-state index contributed by atoms with van der Waals surface area (Å²) in [7, 11) is -1.72. The van der Waals surface area contributed by atoms with E-state index in [0.717, 1.165) is 11.3 Å². The smallest absolute Gasteiger partial charge is 0.257 e. The highest BCUT2D eigenvalue weighted by Crippen LogP contribution is 2.08. The molecular weight excluding hydrogens is 242 g/mol. The van der Waals surface area contributed by atoms with Crippen molar-refractivity contribution < 1.29 is 8.42 Å². The highest BCUT2D eigenvalue weighted by atomic mass is 32.2. The molecule has 0 aliphatic rings. The van der Waals surface area contributed by atoms with Crippen LogP contribution in [-0.4, -0.2) is 28.4 Å². The number of aryl methyl sites for hydroxylation is 1. The van der Waals surface area contributed by atoms with E-state index in [1.165, 1.54) is 12.3 Å². The number of nitrogens with zero attached hydrogens (tertiary/aromatic N) is 3. The Morgan fingerprint density at radius 2 is 2.29 bits per heavy atom. The lowest BCUT2D eigenvalue weighted by molar-refractivity contribution is 0.576. The standard InChI is InChI=1S/C9H13N5O2S/c1-7-8(5-11-14(7)2)6-12-17(15,16)9-3-4-10-13-9/h3-5,12H,6H2,1-2H3,(H,10,13). The van der Waals surface area contributed by atoms with Gasteiger partial charge in [0, 0.05) is 24.8 Å². The highest BCUT2D eigenvalue weighted by Gasteiger charge is 2.15. The Morgan fingerprint density at radius 1 is 1.53 bits per heavy atom. The zero-order valence-electron chi connectivity index (χ0n) is 9.51. The molecule has 2 aromatic heterocycles. The van der Waals surface area contributed by atoms with Crippen LogP contribution in [0.3, 0.4) is 0 Å². The number of hydrogen-bond donors (Lipinski definition) is 2. The Balaban J connectivity index is 2.11. The lowest BCUT2D eigenvalue weighted by Gasteiger charge is -2.04. The van der Waals surface area contributed by atoms with E-state index in [1.807, 2.05) is 14.0 Å². The molecule has 2 heterocycles. The summed E-state index contributed by atoms with van der Waals surface area (Å²) >= 11 is 0. The first-order chi connectivity index (χ1) is 8.00. The number of rotatable bonds is 4. The van der Waals surface area contributed by atoms with Gasteiger partial charge < -0.3 is 0 Å². The molecule has 0 unspecified atom stereocenters. The number of sulfonamides is 1. The molecule has 7 nitrogen and oxygen atoms in total. The van der Waals surface area contributed by atoms with Crippen LogP contribution < -0.4 is 4.72 Å². The van der Waals surface area contributed by atoms with Gasteiger partial charge in [-0.2, -0.15) is 10.2 Å². The van der Waals surface area contributed by atoms with Gasteiger partial charge in [0.25, 0.3) is 10.0 Å². The van der Waals surface area contributed by atoms with E-state index in [4.69, 9.17) is 0 Å². The third-order valence-corrected chi connectivity index (χ3v) is 3.89. The maximum Gasteiger partial charge on any atom is 0.257 e. The maximum atomic E-state index is 11.8. The zero-order valence-corrected chi connectivity index (χ0v) is 10.3. The zero-order chi connectivity index (χ0) is 12.5. The van der Waals surface area contributed by atoms with Gasteiger partial charge in [-0.1, -0.05) is 0 Å². The molecule has 2 N–H and O–H groups in total. The molecule has 8 heteroatoms. The predicted molar refractivity (Wildman–Crippen MR) is 60.6 cm³/mol. The summed E-state index contributed by atoms with van der Waals surface area (Å²) in [4.78, 5) is 0. The van der Waals surface area contributed by atoms with E-state index in [1.54, 1.807) is 10.9 Å². The average molecular weight is 255 g/mol. The first kappa shape index (κ1) is 11.8. The maximum absolute atomic E-state index is 11.8. The van der Waals surface area contributed by atoms with E-state index in [0.29, 0.717) is 0 Å². The topological polar surface area (TPSA) is 92.7 Å².